The predicted octanol–water partition coefficient (Wildman–Crippen LogP) is 5.10. The van der Waals surface area contributed by atoms with Gasteiger partial charge in [0.1, 0.15) is 11.6 Å². The van der Waals surface area contributed by atoms with E-state index in [9.17, 15) is 14.0 Å². The maximum Gasteiger partial charge on any atom is 0.244 e. The van der Waals surface area contributed by atoms with Gasteiger partial charge < -0.3 is 15.0 Å². The molecule has 0 spiro atoms. The normalized spacial score (nSPS) is 15.0. The smallest absolute Gasteiger partial charge is 0.244 e. The summed E-state index contributed by atoms with van der Waals surface area (Å²) in [5.74, 6) is 0.321. The number of piperidine rings is 1. The van der Waals surface area contributed by atoms with E-state index in [1.54, 1.807) is 18.2 Å². The number of carbonyl (C=O) groups is 2. The third kappa shape index (κ3) is 7.79. The molecule has 1 saturated heterocycles. The Morgan fingerprint density at radius 2 is 1.91 bits per heavy atom. The lowest BCUT2D eigenvalue weighted by Crippen LogP contribution is -2.40. The van der Waals surface area contributed by atoms with Crippen molar-refractivity contribution in [3.63, 3.8) is 0 Å². The number of Topliss-reactive ketones (excluding diaryl/α,β-unsaturated/α-hetero) is 1. The second-order valence-corrected chi connectivity index (χ2v) is 9.06. The van der Waals surface area contributed by atoms with Crippen molar-refractivity contribution >= 4 is 33.7 Å². The number of halogens is 2. The van der Waals surface area contributed by atoms with Crippen LogP contribution < -0.4 is 10.1 Å². The van der Waals surface area contributed by atoms with Crippen LogP contribution in [0.5, 0.6) is 5.75 Å². The van der Waals surface area contributed by atoms with Gasteiger partial charge in [-0.15, -0.1) is 0 Å². The monoisotopic (exact) mass is 516 g/mol. The van der Waals surface area contributed by atoms with Crippen LogP contribution in [-0.4, -0.2) is 49.4 Å². The zero-order chi connectivity index (χ0) is 23.6. The molecular weight excluding hydrogens is 487 g/mol. The van der Waals surface area contributed by atoms with Gasteiger partial charge in [0, 0.05) is 40.7 Å². The fourth-order valence-electron chi connectivity index (χ4n) is 3.82. The maximum absolute atomic E-state index is 13.1. The number of benzene rings is 2. The summed E-state index contributed by atoms with van der Waals surface area (Å²) < 4.78 is 19.7. The lowest BCUT2D eigenvalue weighted by atomic mass is 9.89. The Balaban J connectivity index is 1.40. The highest BCUT2D eigenvalue weighted by Crippen LogP contribution is 2.25. The van der Waals surface area contributed by atoms with E-state index in [4.69, 9.17) is 4.74 Å². The number of likely N-dealkylation sites (tertiary alicyclic amines) is 1. The van der Waals surface area contributed by atoms with Crippen LogP contribution in [-0.2, 0) is 4.79 Å². The number of rotatable bonds is 10. The van der Waals surface area contributed by atoms with Crippen molar-refractivity contribution in [2.45, 2.75) is 26.2 Å². The van der Waals surface area contributed by atoms with E-state index < -0.39 is 0 Å². The first-order chi connectivity index (χ1) is 16.0. The summed E-state index contributed by atoms with van der Waals surface area (Å²) in [6, 6.07) is 11.5. The summed E-state index contributed by atoms with van der Waals surface area (Å²) in [6.07, 6.45) is 5.74. The number of amides is 1. The van der Waals surface area contributed by atoms with Crippen LogP contribution in [0.3, 0.4) is 0 Å². The molecule has 3 rings (SSSR count). The summed E-state index contributed by atoms with van der Waals surface area (Å²) >= 11 is 3.45. The molecule has 2 aromatic rings. The van der Waals surface area contributed by atoms with Gasteiger partial charge in [-0.3, -0.25) is 9.59 Å². The summed E-state index contributed by atoms with van der Waals surface area (Å²) in [4.78, 5) is 27.1. The second-order valence-electron chi connectivity index (χ2n) is 8.14. The largest absolute Gasteiger partial charge is 0.493 e. The van der Waals surface area contributed by atoms with Crippen LogP contribution in [0.15, 0.2) is 53.0 Å². The van der Waals surface area contributed by atoms with Crippen molar-refractivity contribution < 1.29 is 18.7 Å². The van der Waals surface area contributed by atoms with Crippen LogP contribution in [0.1, 0.15) is 42.1 Å². The SMILES string of the molecule is CCCOc1ccc(Br)cc1/C=C/C(=O)NCCN1CCC(C(=O)c2ccc(F)cc2)CC1. The molecule has 1 N–H and O–H groups in total. The van der Waals surface area contributed by atoms with Gasteiger partial charge in [-0.25, -0.2) is 4.39 Å². The molecule has 7 heteroatoms. The summed E-state index contributed by atoms with van der Waals surface area (Å²) in [5, 5.41) is 2.92. The molecule has 1 amide bonds. The van der Waals surface area contributed by atoms with E-state index in [-0.39, 0.29) is 23.4 Å². The highest BCUT2D eigenvalue weighted by molar-refractivity contribution is 9.10. The minimum absolute atomic E-state index is 0.0291. The summed E-state index contributed by atoms with van der Waals surface area (Å²) in [6.45, 7) is 5.56. The van der Waals surface area contributed by atoms with Crippen molar-refractivity contribution in [1.29, 1.82) is 0 Å². The fourth-order valence-corrected chi connectivity index (χ4v) is 4.20. The second kappa shape index (κ2) is 12.7. The number of carbonyl (C=O) groups excluding carboxylic acids is 2. The molecule has 33 heavy (non-hydrogen) atoms. The number of nitrogens with zero attached hydrogens (tertiary/aromatic N) is 1. The Morgan fingerprint density at radius 3 is 2.61 bits per heavy atom. The molecule has 0 aliphatic carbocycles. The number of ether oxygens (including phenoxy) is 1. The molecule has 0 bridgehead atoms. The van der Waals surface area contributed by atoms with E-state index in [2.05, 4.69) is 26.1 Å². The molecule has 176 valence electrons. The van der Waals surface area contributed by atoms with E-state index in [1.807, 2.05) is 25.1 Å². The Bertz CT molecular complexity index is 970. The minimum atomic E-state index is -0.333. The van der Waals surface area contributed by atoms with Gasteiger partial charge in [0.15, 0.2) is 5.78 Å². The standard InChI is InChI=1S/C26H30BrFN2O3/c1-2-17-33-24-9-6-22(27)18-21(24)5-10-25(31)29-13-16-30-14-11-20(12-15-30)26(32)19-3-7-23(28)8-4-19/h3-10,18,20H,2,11-17H2,1H3,(H,29,31)/b10-5+. The van der Waals surface area contributed by atoms with E-state index >= 15 is 0 Å². The van der Waals surface area contributed by atoms with E-state index in [0.29, 0.717) is 18.7 Å². The summed E-state index contributed by atoms with van der Waals surface area (Å²) in [7, 11) is 0. The highest BCUT2D eigenvalue weighted by Gasteiger charge is 2.25. The van der Waals surface area contributed by atoms with Crippen LogP contribution in [0.2, 0.25) is 0 Å². The lowest BCUT2D eigenvalue weighted by Gasteiger charge is -2.31. The van der Waals surface area contributed by atoms with Crippen molar-refractivity contribution in [2.75, 3.05) is 32.8 Å². The van der Waals surface area contributed by atoms with Gasteiger partial charge >= 0.3 is 0 Å². The molecule has 0 unspecified atom stereocenters. The predicted molar refractivity (Wildman–Crippen MR) is 132 cm³/mol. The first kappa shape index (κ1) is 25.1. The molecule has 0 atom stereocenters. The molecule has 0 radical (unpaired) electrons. The Morgan fingerprint density at radius 1 is 1.18 bits per heavy atom. The number of nitrogens with one attached hydrogen (secondary N) is 1. The number of hydrogen-bond donors (Lipinski definition) is 1. The van der Waals surface area contributed by atoms with Gasteiger partial charge in [0.2, 0.25) is 5.91 Å². The average Bonchev–Trinajstić information content (AvgIpc) is 2.82. The van der Waals surface area contributed by atoms with Crippen LogP contribution in [0.4, 0.5) is 4.39 Å². The first-order valence-electron chi connectivity index (χ1n) is 11.4. The van der Waals surface area contributed by atoms with Crippen molar-refractivity contribution in [3.8, 4) is 5.75 Å². The lowest BCUT2D eigenvalue weighted by molar-refractivity contribution is -0.116. The molecule has 1 aliphatic rings. The summed E-state index contributed by atoms with van der Waals surface area (Å²) in [5.41, 5.74) is 1.42. The Hall–Kier alpha value is -2.51. The fraction of sp³-hybridized carbons (Fsp3) is 0.385. The quantitative estimate of drug-likeness (QED) is 0.352. The third-order valence-electron chi connectivity index (χ3n) is 5.66. The maximum atomic E-state index is 13.1. The topological polar surface area (TPSA) is 58.6 Å². The number of hydrogen-bond acceptors (Lipinski definition) is 4. The van der Waals surface area contributed by atoms with E-state index in [0.717, 1.165) is 54.7 Å². The van der Waals surface area contributed by atoms with Gasteiger partial charge in [0.05, 0.1) is 6.61 Å². The van der Waals surface area contributed by atoms with Crippen molar-refractivity contribution in [2.24, 2.45) is 5.92 Å². The zero-order valence-electron chi connectivity index (χ0n) is 18.9. The van der Waals surface area contributed by atoms with Gasteiger partial charge in [-0.05, 0) is 80.9 Å². The molecule has 0 aromatic heterocycles. The third-order valence-corrected chi connectivity index (χ3v) is 6.16. The molecule has 1 heterocycles. The van der Waals surface area contributed by atoms with Crippen LogP contribution in [0, 0.1) is 11.7 Å². The zero-order valence-corrected chi connectivity index (χ0v) is 20.4. The van der Waals surface area contributed by atoms with Crippen molar-refractivity contribution in [1.82, 2.24) is 10.2 Å². The van der Waals surface area contributed by atoms with Gasteiger partial charge in [-0.1, -0.05) is 22.9 Å². The molecule has 2 aromatic carbocycles. The van der Waals surface area contributed by atoms with Crippen molar-refractivity contribution in [3.05, 3.63) is 70.0 Å². The van der Waals surface area contributed by atoms with Crippen LogP contribution >= 0.6 is 15.9 Å². The van der Waals surface area contributed by atoms with Gasteiger partial charge in [-0.2, -0.15) is 0 Å². The molecular formula is C26H30BrFN2O3. The first-order valence-corrected chi connectivity index (χ1v) is 12.2. The molecule has 5 nitrogen and oxygen atoms in total. The highest BCUT2D eigenvalue weighted by atomic mass is 79.9. The molecule has 0 saturated carbocycles. The van der Waals surface area contributed by atoms with Crippen LogP contribution in [0.25, 0.3) is 6.08 Å². The Labute approximate surface area is 203 Å². The average molecular weight is 517 g/mol. The van der Waals surface area contributed by atoms with E-state index in [1.165, 1.54) is 18.2 Å². The molecule has 1 fully saturated rings. The number of ketones is 1. The minimum Gasteiger partial charge on any atom is -0.493 e. The van der Waals surface area contributed by atoms with Gasteiger partial charge in [0.25, 0.3) is 0 Å². The molecule has 1 aliphatic heterocycles. The Kier molecular flexibility index (Phi) is 9.63.